The number of rotatable bonds is 5. The number of carbonyl (C=O) groups excluding carboxylic acids is 1. The number of ether oxygens (including phenoxy) is 1. The molecule has 1 aliphatic rings. The molecule has 0 unspecified atom stereocenters. The van der Waals surface area contributed by atoms with Gasteiger partial charge in [-0.05, 0) is 37.5 Å². The fraction of sp³-hybridized carbons (Fsp3) is 0.455. The predicted molar refractivity (Wildman–Crippen MR) is 110 cm³/mol. The van der Waals surface area contributed by atoms with Gasteiger partial charge in [0.25, 0.3) is 5.91 Å². The van der Waals surface area contributed by atoms with Crippen molar-refractivity contribution in [3.8, 4) is 5.75 Å². The molecule has 3 aromatic rings. The van der Waals surface area contributed by atoms with Gasteiger partial charge in [0, 0.05) is 30.4 Å². The number of nitrogens with one attached hydrogen (secondary N) is 1. The number of oxazole rings is 1. The van der Waals surface area contributed by atoms with Crippen molar-refractivity contribution >= 4 is 22.7 Å². The number of anilines is 1. The summed E-state index contributed by atoms with van der Waals surface area (Å²) >= 11 is 0. The Balaban J connectivity index is 1.57. The number of hydrogen-bond donors (Lipinski definition) is 1. The summed E-state index contributed by atoms with van der Waals surface area (Å²) in [6.07, 6.45) is 9.04. The Hall–Kier alpha value is -2.96. The van der Waals surface area contributed by atoms with Crippen LogP contribution in [0.4, 0.5) is 5.69 Å². The summed E-state index contributed by atoms with van der Waals surface area (Å²) in [6, 6.07) is 3.56. The van der Waals surface area contributed by atoms with E-state index in [1.54, 1.807) is 19.2 Å². The van der Waals surface area contributed by atoms with Crippen LogP contribution >= 0.6 is 0 Å². The van der Waals surface area contributed by atoms with E-state index in [1.165, 1.54) is 31.4 Å². The van der Waals surface area contributed by atoms with E-state index < -0.39 is 0 Å². The quantitative estimate of drug-likeness (QED) is 0.668. The minimum absolute atomic E-state index is 0.231. The number of hydrogen-bond acceptors (Lipinski definition) is 6. The lowest BCUT2D eigenvalue weighted by Crippen LogP contribution is -2.17. The number of aromatic nitrogens is 3. The second-order valence-electron chi connectivity index (χ2n) is 7.97. The van der Waals surface area contributed by atoms with Crippen molar-refractivity contribution in [2.24, 2.45) is 11.8 Å². The van der Waals surface area contributed by atoms with Gasteiger partial charge in [0.05, 0.1) is 19.0 Å². The molecule has 0 bridgehead atoms. The maximum absolute atomic E-state index is 12.4. The molecule has 152 valence electrons. The maximum atomic E-state index is 12.4. The van der Waals surface area contributed by atoms with Gasteiger partial charge in [-0.25, -0.2) is 9.97 Å². The van der Waals surface area contributed by atoms with Gasteiger partial charge in [-0.15, -0.1) is 0 Å². The van der Waals surface area contributed by atoms with Crippen molar-refractivity contribution in [1.29, 1.82) is 0 Å². The molecule has 2 aromatic heterocycles. The number of nitrogens with zero attached hydrogens (tertiary/aromatic N) is 3. The lowest BCUT2D eigenvalue weighted by Gasteiger charge is -2.29. The normalized spacial score (nSPS) is 19.4. The fourth-order valence-electron chi connectivity index (χ4n) is 4.05. The third-order valence-electron chi connectivity index (χ3n) is 5.83. The lowest BCUT2D eigenvalue weighted by molar-refractivity contribution is 0.102. The number of carbonyl (C=O) groups is 1. The first-order valence-corrected chi connectivity index (χ1v) is 10.1. The van der Waals surface area contributed by atoms with Crippen molar-refractivity contribution in [3.63, 3.8) is 0 Å². The third-order valence-corrected chi connectivity index (χ3v) is 5.83. The smallest absolute Gasteiger partial charge is 0.275 e. The minimum Gasteiger partial charge on any atom is -0.494 e. The van der Waals surface area contributed by atoms with Crippen LogP contribution in [-0.2, 0) is 0 Å². The first-order valence-electron chi connectivity index (χ1n) is 10.1. The van der Waals surface area contributed by atoms with Crippen LogP contribution < -0.4 is 10.1 Å². The van der Waals surface area contributed by atoms with Crippen LogP contribution in [-0.4, -0.2) is 28.0 Å². The van der Waals surface area contributed by atoms with Gasteiger partial charge in [0.2, 0.25) is 0 Å². The Morgan fingerprint density at radius 2 is 2.00 bits per heavy atom. The Morgan fingerprint density at radius 3 is 2.66 bits per heavy atom. The van der Waals surface area contributed by atoms with Gasteiger partial charge in [-0.3, -0.25) is 9.78 Å². The molecule has 7 heteroatoms. The molecule has 0 aliphatic heterocycles. The standard InChI is InChI=1S/C22H26N4O3/c1-13(2)14-4-6-15(7-5-14)22-26-17-10-19(28-3)16(11-20(17)29-22)25-21(27)18-12-23-8-9-24-18/h8-15H,4-7H2,1-3H3,(H,25,27)/t14-,15-. The molecule has 2 heterocycles. The van der Waals surface area contributed by atoms with Crippen molar-refractivity contribution < 1.29 is 13.9 Å². The van der Waals surface area contributed by atoms with E-state index in [4.69, 9.17) is 14.1 Å². The van der Waals surface area contributed by atoms with E-state index in [9.17, 15) is 4.79 Å². The molecule has 7 nitrogen and oxygen atoms in total. The lowest BCUT2D eigenvalue weighted by atomic mass is 9.77. The summed E-state index contributed by atoms with van der Waals surface area (Å²) < 4.78 is 11.5. The van der Waals surface area contributed by atoms with Crippen LogP contribution in [0.2, 0.25) is 0 Å². The largest absolute Gasteiger partial charge is 0.494 e. The molecular formula is C22H26N4O3. The number of benzene rings is 1. The van der Waals surface area contributed by atoms with Crippen LogP contribution in [0.5, 0.6) is 5.75 Å². The van der Waals surface area contributed by atoms with Crippen molar-refractivity contribution in [2.45, 2.75) is 45.4 Å². The SMILES string of the molecule is COc1cc2nc([C@H]3CC[C@H](C(C)C)CC3)oc2cc1NC(=O)c1cnccn1. The molecule has 1 fully saturated rings. The van der Waals surface area contributed by atoms with E-state index in [2.05, 4.69) is 29.1 Å². The average Bonchev–Trinajstić information content (AvgIpc) is 3.16. The van der Waals surface area contributed by atoms with Crippen molar-refractivity contribution in [2.75, 3.05) is 12.4 Å². The van der Waals surface area contributed by atoms with Gasteiger partial charge in [-0.1, -0.05) is 13.8 Å². The highest BCUT2D eigenvalue weighted by Gasteiger charge is 2.27. The Labute approximate surface area is 169 Å². The highest BCUT2D eigenvalue weighted by atomic mass is 16.5. The maximum Gasteiger partial charge on any atom is 0.275 e. The molecule has 1 N–H and O–H groups in total. The van der Waals surface area contributed by atoms with Crippen molar-refractivity contribution in [1.82, 2.24) is 15.0 Å². The van der Waals surface area contributed by atoms with Gasteiger partial charge < -0.3 is 14.5 Å². The molecule has 1 aliphatic carbocycles. The minimum atomic E-state index is -0.359. The van der Waals surface area contributed by atoms with Gasteiger partial charge >= 0.3 is 0 Å². The third kappa shape index (κ3) is 4.09. The molecule has 1 aromatic carbocycles. The average molecular weight is 394 g/mol. The molecule has 4 rings (SSSR count). The highest BCUT2D eigenvalue weighted by Crippen LogP contribution is 2.40. The molecule has 0 saturated heterocycles. The van der Waals surface area contributed by atoms with Gasteiger partial charge in [0.1, 0.15) is 17.0 Å². The number of fused-ring (bicyclic) bond motifs is 1. The molecule has 0 radical (unpaired) electrons. The van der Waals surface area contributed by atoms with Gasteiger partial charge in [-0.2, -0.15) is 0 Å². The first-order chi connectivity index (χ1) is 14.0. The number of methoxy groups -OCH3 is 1. The zero-order valence-corrected chi connectivity index (χ0v) is 17.0. The van der Waals surface area contributed by atoms with E-state index in [0.29, 0.717) is 22.9 Å². The second kappa shape index (κ2) is 8.19. The van der Waals surface area contributed by atoms with E-state index in [0.717, 1.165) is 36.1 Å². The predicted octanol–water partition coefficient (Wildman–Crippen LogP) is 4.81. The van der Waals surface area contributed by atoms with Crippen LogP contribution in [0, 0.1) is 11.8 Å². The van der Waals surface area contributed by atoms with Crippen LogP contribution in [0.3, 0.4) is 0 Å². The summed E-state index contributed by atoms with van der Waals surface area (Å²) in [5, 5.41) is 2.82. The molecule has 0 spiro atoms. The zero-order chi connectivity index (χ0) is 20.4. The van der Waals surface area contributed by atoms with Crippen LogP contribution in [0.1, 0.15) is 61.8 Å². The monoisotopic (exact) mass is 394 g/mol. The molecule has 1 amide bonds. The summed E-state index contributed by atoms with van der Waals surface area (Å²) in [5.74, 6) is 2.81. The highest BCUT2D eigenvalue weighted by molar-refractivity contribution is 6.04. The Morgan fingerprint density at radius 1 is 1.21 bits per heavy atom. The zero-order valence-electron chi connectivity index (χ0n) is 17.0. The molecule has 29 heavy (non-hydrogen) atoms. The molecular weight excluding hydrogens is 368 g/mol. The van der Waals surface area contributed by atoms with Crippen LogP contribution in [0.25, 0.3) is 11.1 Å². The van der Waals surface area contributed by atoms with E-state index in [-0.39, 0.29) is 11.6 Å². The molecule has 1 saturated carbocycles. The Kier molecular flexibility index (Phi) is 5.47. The van der Waals surface area contributed by atoms with Gasteiger partial charge in [0.15, 0.2) is 11.5 Å². The number of amides is 1. The van der Waals surface area contributed by atoms with E-state index in [1.807, 2.05) is 0 Å². The summed E-state index contributed by atoms with van der Waals surface area (Å²) in [5.41, 5.74) is 2.12. The van der Waals surface area contributed by atoms with Crippen LogP contribution in [0.15, 0.2) is 35.1 Å². The topological polar surface area (TPSA) is 90.1 Å². The first kappa shape index (κ1) is 19.4. The Bertz CT molecular complexity index is 992. The van der Waals surface area contributed by atoms with E-state index >= 15 is 0 Å². The van der Waals surface area contributed by atoms with Crippen molar-refractivity contribution in [3.05, 3.63) is 42.3 Å². The second-order valence-corrected chi connectivity index (χ2v) is 7.97. The summed E-state index contributed by atoms with van der Waals surface area (Å²) in [6.45, 7) is 4.60. The summed E-state index contributed by atoms with van der Waals surface area (Å²) in [4.78, 5) is 25.1. The summed E-state index contributed by atoms with van der Waals surface area (Å²) in [7, 11) is 1.56. The molecule has 0 atom stereocenters. The fourth-order valence-corrected chi connectivity index (χ4v) is 4.05.